The number of benzene rings is 3. The van der Waals surface area contributed by atoms with Gasteiger partial charge in [-0.15, -0.1) is 0 Å². The molecule has 0 bridgehead atoms. The first-order valence-corrected chi connectivity index (χ1v) is 12.4. The van der Waals surface area contributed by atoms with Gasteiger partial charge in [-0.1, -0.05) is 48.0 Å². The van der Waals surface area contributed by atoms with Crippen LogP contribution >= 0.6 is 0 Å². The Labute approximate surface area is 217 Å². The van der Waals surface area contributed by atoms with Gasteiger partial charge in [0.1, 0.15) is 11.4 Å². The number of methoxy groups -OCH3 is 2. The molecule has 1 aliphatic rings. The lowest BCUT2D eigenvalue weighted by Gasteiger charge is -2.27. The van der Waals surface area contributed by atoms with E-state index in [9.17, 15) is 4.79 Å². The Morgan fingerprint density at radius 2 is 1.76 bits per heavy atom. The standard InChI is InChI=1S/C30H31N3O4/c1-5-37-23-8-6-7-22(18-23)29-26-27(21-12-9-19(2)10-13-21)31-32-28(26)30(34)33(29)16-15-20-11-14-24(35-3)25(17-20)36-4/h6-14,17-18,29H,5,15-16H2,1-4H3,(H,31,32). The number of H-pyrrole nitrogens is 1. The molecule has 3 aromatic carbocycles. The first kappa shape index (κ1) is 24.4. The van der Waals surface area contributed by atoms with Gasteiger partial charge >= 0.3 is 0 Å². The zero-order chi connectivity index (χ0) is 25.9. The van der Waals surface area contributed by atoms with Gasteiger partial charge in [0.25, 0.3) is 5.91 Å². The third-order valence-corrected chi connectivity index (χ3v) is 6.76. The highest BCUT2D eigenvalue weighted by Crippen LogP contribution is 2.43. The highest BCUT2D eigenvalue weighted by Gasteiger charge is 2.42. The zero-order valence-corrected chi connectivity index (χ0v) is 21.6. The number of ether oxygens (including phenoxy) is 3. The van der Waals surface area contributed by atoms with Gasteiger partial charge in [0.2, 0.25) is 0 Å². The largest absolute Gasteiger partial charge is 0.494 e. The molecule has 1 amide bonds. The van der Waals surface area contributed by atoms with Crippen LogP contribution in [0.4, 0.5) is 0 Å². The molecule has 4 aromatic rings. The molecule has 1 atom stereocenters. The smallest absolute Gasteiger partial charge is 0.273 e. The Kier molecular flexibility index (Phi) is 6.86. The van der Waals surface area contributed by atoms with E-state index in [1.807, 2.05) is 54.3 Å². The molecule has 1 N–H and O–H groups in total. The minimum Gasteiger partial charge on any atom is -0.494 e. The summed E-state index contributed by atoms with van der Waals surface area (Å²) in [5.41, 5.74) is 6.42. The maximum absolute atomic E-state index is 13.7. The van der Waals surface area contributed by atoms with Gasteiger partial charge in [-0.2, -0.15) is 5.10 Å². The van der Waals surface area contributed by atoms with Crippen molar-refractivity contribution in [2.75, 3.05) is 27.4 Å². The van der Waals surface area contributed by atoms with Crippen molar-refractivity contribution in [3.8, 4) is 28.5 Å². The van der Waals surface area contributed by atoms with Crippen molar-refractivity contribution in [3.63, 3.8) is 0 Å². The lowest BCUT2D eigenvalue weighted by molar-refractivity contribution is 0.0745. The van der Waals surface area contributed by atoms with Crippen LogP contribution in [0.25, 0.3) is 11.3 Å². The number of amides is 1. The van der Waals surface area contributed by atoms with Crippen LogP contribution < -0.4 is 14.2 Å². The highest BCUT2D eigenvalue weighted by molar-refractivity contribution is 6.00. The Balaban J connectivity index is 1.54. The lowest BCUT2D eigenvalue weighted by Crippen LogP contribution is -2.31. The average molecular weight is 498 g/mol. The van der Waals surface area contributed by atoms with E-state index in [0.717, 1.165) is 33.7 Å². The summed E-state index contributed by atoms with van der Waals surface area (Å²) in [6.07, 6.45) is 0.658. The summed E-state index contributed by atoms with van der Waals surface area (Å²) in [4.78, 5) is 15.6. The maximum Gasteiger partial charge on any atom is 0.273 e. The number of aromatic nitrogens is 2. The minimum absolute atomic E-state index is 0.0619. The second-order valence-electron chi connectivity index (χ2n) is 9.07. The van der Waals surface area contributed by atoms with E-state index in [1.165, 1.54) is 5.56 Å². The van der Waals surface area contributed by atoms with Gasteiger partial charge in [-0.05, 0) is 55.7 Å². The van der Waals surface area contributed by atoms with Gasteiger partial charge in [-0.3, -0.25) is 9.89 Å². The number of fused-ring (bicyclic) bond motifs is 1. The average Bonchev–Trinajstić information content (AvgIpc) is 3.46. The molecule has 0 saturated carbocycles. The number of hydrogen-bond donors (Lipinski definition) is 1. The molecule has 7 nitrogen and oxygen atoms in total. The van der Waals surface area contributed by atoms with Gasteiger partial charge in [0.05, 0.1) is 32.6 Å². The Bertz CT molecular complexity index is 1410. The fourth-order valence-electron chi connectivity index (χ4n) is 4.93. The molecule has 2 heterocycles. The number of aryl methyl sites for hydroxylation is 1. The summed E-state index contributed by atoms with van der Waals surface area (Å²) >= 11 is 0. The molecule has 0 radical (unpaired) electrons. The first-order chi connectivity index (χ1) is 18.0. The summed E-state index contributed by atoms with van der Waals surface area (Å²) in [6.45, 7) is 5.11. The van der Waals surface area contributed by atoms with Crippen LogP contribution in [0.5, 0.6) is 17.2 Å². The van der Waals surface area contributed by atoms with Gasteiger partial charge in [0.15, 0.2) is 11.5 Å². The van der Waals surface area contributed by atoms with Crippen LogP contribution in [0, 0.1) is 6.92 Å². The van der Waals surface area contributed by atoms with Crippen LogP contribution in [0.1, 0.15) is 45.7 Å². The summed E-state index contributed by atoms with van der Waals surface area (Å²) in [5, 5.41) is 7.62. The summed E-state index contributed by atoms with van der Waals surface area (Å²) in [5.74, 6) is 2.07. The third-order valence-electron chi connectivity index (χ3n) is 6.76. The molecular formula is C30H31N3O4. The Morgan fingerprint density at radius 3 is 2.49 bits per heavy atom. The molecule has 1 aromatic heterocycles. The van der Waals surface area contributed by atoms with Crippen LogP contribution in [-0.2, 0) is 6.42 Å². The molecular weight excluding hydrogens is 466 g/mol. The Morgan fingerprint density at radius 1 is 0.973 bits per heavy atom. The van der Waals surface area contributed by atoms with Gasteiger partial charge in [0, 0.05) is 17.7 Å². The molecule has 37 heavy (non-hydrogen) atoms. The predicted molar refractivity (Wildman–Crippen MR) is 143 cm³/mol. The van der Waals surface area contributed by atoms with Crippen molar-refractivity contribution in [1.29, 1.82) is 0 Å². The molecule has 1 aliphatic heterocycles. The van der Waals surface area contributed by atoms with Crippen molar-refractivity contribution in [2.45, 2.75) is 26.3 Å². The third kappa shape index (κ3) is 4.65. The number of rotatable bonds is 9. The van der Waals surface area contributed by atoms with Gasteiger partial charge in [-0.25, -0.2) is 0 Å². The quantitative estimate of drug-likeness (QED) is 0.326. The van der Waals surface area contributed by atoms with E-state index < -0.39 is 0 Å². The normalized spacial score (nSPS) is 14.5. The molecule has 0 fully saturated rings. The van der Waals surface area contributed by atoms with Crippen LogP contribution in [0.3, 0.4) is 0 Å². The minimum atomic E-state index is -0.293. The zero-order valence-electron chi connectivity index (χ0n) is 21.6. The number of aromatic amines is 1. The van der Waals surface area contributed by atoms with E-state index in [0.29, 0.717) is 36.8 Å². The molecule has 5 rings (SSSR count). The molecule has 7 heteroatoms. The fraction of sp³-hybridized carbons (Fsp3) is 0.267. The lowest BCUT2D eigenvalue weighted by atomic mass is 9.95. The molecule has 190 valence electrons. The van der Waals surface area contributed by atoms with Crippen LogP contribution in [-0.4, -0.2) is 48.4 Å². The predicted octanol–water partition coefficient (Wildman–Crippen LogP) is 5.59. The number of hydrogen-bond acceptors (Lipinski definition) is 5. The number of nitrogens with one attached hydrogen (secondary N) is 1. The molecule has 0 aliphatic carbocycles. The van der Waals surface area contributed by atoms with E-state index in [-0.39, 0.29) is 11.9 Å². The molecule has 0 spiro atoms. The van der Waals surface area contributed by atoms with Crippen molar-refractivity contribution in [3.05, 3.63) is 94.7 Å². The number of nitrogens with zero attached hydrogens (tertiary/aromatic N) is 2. The second kappa shape index (κ2) is 10.4. The monoisotopic (exact) mass is 497 g/mol. The molecule has 1 unspecified atom stereocenters. The topological polar surface area (TPSA) is 76.7 Å². The number of carbonyl (C=O) groups excluding carboxylic acids is 1. The fourth-order valence-corrected chi connectivity index (χ4v) is 4.93. The Hall–Kier alpha value is -4.26. The SMILES string of the molecule is CCOc1cccc(C2c3c(-c4ccc(C)cc4)n[nH]c3C(=O)N2CCc2ccc(OC)c(OC)c2)c1. The van der Waals surface area contributed by atoms with Crippen molar-refractivity contribution >= 4 is 5.91 Å². The van der Waals surface area contributed by atoms with E-state index in [2.05, 4.69) is 41.4 Å². The van der Waals surface area contributed by atoms with E-state index >= 15 is 0 Å². The second-order valence-corrected chi connectivity index (χ2v) is 9.07. The van der Waals surface area contributed by atoms with E-state index in [4.69, 9.17) is 14.2 Å². The maximum atomic E-state index is 13.7. The van der Waals surface area contributed by atoms with Gasteiger partial charge < -0.3 is 19.1 Å². The van der Waals surface area contributed by atoms with Crippen LogP contribution in [0.15, 0.2) is 66.7 Å². The molecule has 0 saturated heterocycles. The van der Waals surface area contributed by atoms with Crippen molar-refractivity contribution in [2.24, 2.45) is 0 Å². The summed E-state index contributed by atoms with van der Waals surface area (Å²) in [6, 6.07) is 21.8. The summed E-state index contributed by atoms with van der Waals surface area (Å²) < 4.78 is 16.6. The first-order valence-electron chi connectivity index (χ1n) is 12.4. The van der Waals surface area contributed by atoms with Crippen molar-refractivity contribution in [1.82, 2.24) is 15.1 Å². The van der Waals surface area contributed by atoms with E-state index in [1.54, 1.807) is 14.2 Å². The summed E-state index contributed by atoms with van der Waals surface area (Å²) in [7, 11) is 3.24. The number of carbonyl (C=O) groups is 1. The van der Waals surface area contributed by atoms with Crippen LogP contribution in [0.2, 0.25) is 0 Å². The van der Waals surface area contributed by atoms with Crippen molar-refractivity contribution < 1.29 is 19.0 Å². The highest BCUT2D eigenvalue weighted by atomic mass is 16.5.